The summed E-state index contributed by atoms with van der Waals surface area (Å²) in [4.78, 5) is 50.3. The Labute approximate surface area is 162 Å². The number of imide groups is 1. The van der Waals surface area contributed by atoms with E-state index in [1.54, 1.807) is 50.2 Å². The summed E-state index contributed by atoms with van der Waals surface area (Å²) in [6, 6.07) is 11.7. The summed E-state index contributed by atoms with van der Waals surface area (Å²) in [7, 11) is 0. The van der Waals surface area contributed by atoms with Crippen LogP contribution in [0.5, 0.6) is 5.75 Å². The highest BCUT2D eigenvalue weighted by Crippen LogP contribution is 2.28. The Kier molecular flexibility index (Phi) is 5.26. The molecular weight excluding hydrogens is 360 g/mol. The summed E-state index contributed by atoms with van der Waals surface area (Å²) in [6.45, 7) is 4.88. The Hall–Kier alpha value is -3.48. The summed E-state index contributed by atoms with van der Waals surface area (Å²) in [6.07, 6.45) is 0. The van der Waals surface area contributed by atoms with Crippen LogP contribution in [0, 0.1) is 5.92 Å². The van der Waals surface area contributed by atoms with Crippen LogP contribution in [0.1, 0.15) is 41.5 Å². The third-order valence-corrected chi connectivity index (χ3v) is 4.37. The van der Waals surface area contributed by atoms with Crippen LogP contribution in [0.4, 0.5) is 5.69 Å². The molecule has 0 saturated heterocycles. The van der Waals surface area contributed by atoms with Gasteiger partial charge in [-0.05, 0) is 42.3 Å². The minimum atomic E-state index is -1.05. The number of benzene rings is 2. The molecule has 0 aliphatic carbocycles. The van der Waals surface area contributed by atoms with Crippen molar-refractivity contribution in [1.29, 1.82) is 0 Å². The van der Waals surface area contributed by atoms with Crippen LogP contribution in [-0.2, 0) is 9.59 Å². The smallest absolute Gasteiger partial charge is 0.335 e. The summed E-state index contributed by atoms with van der Waals surface area (Å²) in [5.41, 5.74) is 1.13. The number of hydrogen-bond acceptors (Lipinski definition) is 5. The zero-order valence-electron chi connectivity index (χ0n) is 15.8. The van der Waals surface area contributed by atoms with Gasteiger partial charge in [0.15, 0.2) is 0 Å². The first-order valence-electron chi connectivity index (χ1n) is 8.86. The van der Waals surface area contributed by atoms with Crippen molar-refractivity contribution in [2.24, 2.45) is 5.92 Å². The third-order valence-electron chi connectivity index (χ3n) is 4.37. The lowest BCUT2D eigenvalue weighted by Gasteiger charge is -2.27. The van der Waals surface area contributed by atoms with Gasteiger partial charge in [0.05, 0.1) is 11.1 Å². The van der Waals surface area contributed by atoms with Gasteiger partial charge in [0.25, 0.3) is 11.8 Å². The van der Waals surface area contributed by atoms with E-state index in [1.165, 1.54) is 19.1 Å². The number of rotatable bonds is 5. The Morgan fingerprint density at radius 2 is 1.46 bits per heavy atom. The molecule has 0 spiro atoms. The van der Waals surface area contributed by atoms with Crippen LogP contribution < -0.4 is 10.1 Å². The lowest BCUT2D eigenvalue weighted by molar-refractivity contribution is -0.140. The van der Waals surface area contributed by atoms with Crippen LogP contribution >= 0.6 is 0 Å². The van der Waals surface area contributed by atoms with Crippen molar-refractivity contribution < 1.29 is 23.9 Å². The van der Waals surface area contributed by atoms with Crippen molar-refractivity contribution in [2.75, 3.05) is 5.32 Å². The second-order valence-corrected chi connectivity index (χ2v) is 6.84. The highest BCUT2D eigenvalue weighted by atomic mass is 16.5. The summed E-state index contributed by atoms with van der Waals surface area (Å²) in [5, 5.41) is 2.62. The lowest BCUT2D eigenvalue weighted by atomic mass is 10.0. The molecule has 7 nitrogen and oxygen atoms in total. The summed E-state index contributed by atoms with van der Waals surface area (Å²) >= 11 is 0. The molecule has 2 aromatic carbocycles. The largest absolute Gasteiger partial charge is 0.425 e. The van der Waals surface area contributed by atoms with E-state index in [2.05, 4.69) is 5.32 Å². The number of nitrogens with zero attached hydrogens (tertiary/aromatic N) is 1. The monoisotopic (exact) mass is 380 g/mol. The SMILES string of the molecule is CC(=O)Nc1ccc(OC(=O)C(C(C)C)N2C(=O)c3ccccc3C2=O)cc1. The third kappa shape index (κ3) is 3.64. The summed E-state index contributed by atoms with van der Waals surface area (Å²) in [5.74, 6) is -2.00. The number of esters is 1. The molecule has 1 N–H and O–H groups in total. The van der Waals surface area contributed by atoms with Crippen molar-refractivity contribution in [2.45, 2.75) is 26.8 Å². The predicted molar refractivity (Wildman–Crippen MR) is 102 cm³/mol. The Bertz CT molecular complexity index is 915. The minimum Gasteiger partial charge on any atom is -0.425 e. The maximum absolute atomic E-state index is 12.8. The molecule has 1 atom stereocenters. The first kappa shape index (κ1) is 19.3. The maximum Gasteiger partial charge on any atom is 0.335 e. The molecule has 1 aliphatic heterocycles. The number of amides is 3. The molecule has 1 unspecified atom stereocenters. The molecule has 0 bridgehead atoms. The zero-order valence-corrected chi connectivity index (χ0v) is 15.8. The van der Waals surface area contributed by atoms with Gasteiger partial charge in [-0.15, -0.1) is 0 Å². The molecule has 0 fully saturated rings. The second kappa shape index (κ2) is 7.64. The van der Waals surface area contributed by atoms with E-state index in [9.17, 15) is 19.2 Å². The molecule has 3 amide bonds. The van der Waals surface area contributed by atoms with Crippen LogP contribution in [-0.4, -0.2) is 34.6 Å². The predicted octanol–water partition coefficient (Wildman–Crippen LogP) is 2.87. The van der Waals surface area contributed by atoms with E-state index in [0.29, 0.717) is 5.69 Å². The number of fused-ring (bicyclic) bond motifs is 1. The molecule has 1 heterocycles. The number of carbonyl (C=O) groups is 4. The molecule has 0 radical (unpaired) electrons. The van der Waals surface area contributed by atoms with Gasteiger partial charge in [0, 0.05) is 12.6 Å². The lowest BCUT2D eigenvalue weighted by Crippen LogP contribution is -2.49. The average Bonchev–Trinajstić information content (AvgIpc) is 2.88. The molecule has 0 aromatic heterocycles. The number of hydrogen-bond donors (Lipinski definition) is 1. The fraction of sp³-hybridized carbons (Fsp3) is 0.238. The van der Waals surface area contributed by atoms with Crippen molar-refractivity contribution in [3.05, 3.63) is 59.7 Å². The van der Waals surface area contributed by atoms with Gasteiger partial charge in [0.1, 0.15) is 11.8 Å². The van der Waals surface area contributed by atoms with Crippen molar-refractivity contribution in [3.63, 3.8) is 0 Å². The average molecular weight is 380 g/mol. The van der Waals surface area contributed by atoms with Crippen LogP contribution in [0.25, 0.3) is 0 Å². The Balaban J connectivity index is 1.81. The topological polar surface area (TPSA) is 92.8 Å². The molecule has 1 aliphatic rings. The fourth-order valence-electron chi connectivity index (χ4n) is 3.12. The quantitative estimate of drug-likeness (QED) is 0.489. The number of anilines is 1. The van der Waals surface area contributed by atoms with Gasteiger partial charge in [-0.25, -0.2) is 4.79 Å². The fourth-order valence-corrected chi connectivity index (χ4v) is 3.12. The van der Waals surface area contributed by atoms with E-state index in [0.717, 1.165) is 4.90 Å². The number of carbonyl (C=O) groups excluding carboxylic acids is 4. The second-order valence-electron chi connectivity index (χ2n) is 6.84. The first-order valence-corrected chi connectivity index (χ1v) is 8.86. The van der Waals surface area contributed by atoms with E-state index in [-0.39, 0.29) is 28.7 Å². The van der Waals surface area contributed by atoms with E-state index >= 15 is 0 Å². The molecule has 7 heteroatoms. The molecule has 0 saturated carbocycles. The van der Waals surface area contributed by atoms with Crippen molar-refractivity contribution in [1.82, 2.24) is 4.90 Å². The minimum absolute atomic E-state index is 0.213. The normalized spacial score (nSPS) is 14.1. The molecule has 2 aromatic rings. The Morgan fingerprint density at radius 3 is 1.93 bits per heavy atom. The van der Waals surface area contributed by atoms with Gasteiger partial charge in [-0.2, -0.15) is 0 Å². The van der Waals surface area contributed by atoms with Gasteiger partial charge in [-0.1, -0.05) is 26.0 Å². The maximum atomic E-state index is 12.8. The first-order chi connectivity index (χ1) is 13.3. The van der Waals surface area contributed by atoms with E-state index < -0.39 is 23.8 Å². The number of nitrogens with one attached hydrogen (secondary N) is 1. The van der Waals surface area contributed by atoms with Gasteiger partial charge in [0.2, 0.25) is 5.91 Å². The van der Waals surface area contributed by atoms with Gasteiger partial charge in [-0.3, -0.25) is 19.3 Å². The highest BCUT2D eigenvalue weighted by Gasteiger charge is 2.44. The van der Waals surface area contributed by atoms with Crippen molar-refractivity contribution >= 4 is 29.4 Å². The van der Waals surface area contributed by atoms with Crippen LogP contribution in [0.15, 0.2) is 48.5 Å². The van der Waals surface area contributed by atoms with Crippen LogP contribution in [0.3, 0.4) is 0 Å². The standard InChI is InChI=1S/C21H20N2O5/c1-12(2)18(23-19(25)16-6-4-5-7-17(16)20(23)26)21(27)28-15-10-8-14(9-11-15)22-13(3)24/h4-12,18H,1-3H3,(H,22,24). The van der Waals surface area contributed by atoms with Crippen molar-refractivity contribution in [3.8, 4) is 5.75 Å². The highest BCUT2D eigenvalue weighted by molar-refractivity contribution is 6.22. The molecule has 28 heavy (non-hydrogen) atoms. The van der Waals surface area contributed by atoms with Gasteiger partial charge >= 0.3 is 5.97 Å². The van der Waals surface area contributed by atoms with E-state index in [4.69, 9.17) is 4.74 Å². The molecule has 144 valence electrons. The van der Waals surface area contributed by atoms with E-state index in [1.807, 2.05) is 0 Å². The van der Waals surface area contributed by atoms with Gasteiger partial charge < -0.3 is 10.1 Å². The zero-order chi connectivity index (χ0) is 20.4. The molecular formula is C21H20N2O5. The Morgan fingerprint density at radius 1 is 0.929 bits per heavy atom. The summed E-state index contributed by atoms with van der Waals surface area (Å²) < 4.78 is 5.41. The van der Waals surface area contributed by atoms with Crippen LogP contribution in [0.2, 0.25) is 0 Å². The number of ether oxygens (including phenoxy) is 1. The molecule has 3 rings (SSSR count).